The quantitative estimate of drug-likeness (QED) is 0.163. The van der Waals surface area contributed by atoms with E-state index in [0.29, 0.717) is 11.4 Å². The van der Waals surface area contributed by atoms with Crippen LogP contribution in [0, 0.1) is 13.1 Å². The van der Waals surface area contributed by atoms with Crippen molar-refractivity contribution in [3.63, 3.8) is 0 Å². The van der Waals surface area contributed by atoms with Crippen LogP contribution < -0.4 is 0 Å². The topological polar surface area (TPSA) is 23.5 Å². The first-order valence-corrected chi connectivity index (χ1v) is 18.3. The number of hydrogen-bond donors (Lipinski definition) is 0. The lowest BCUT2D eigenvalue weighted by molar-refractivity contribution is 1.16. The number of rotatable bonds is 4. The lowest BCUT2D eigenvalue weighted by Crippen LogP contribution is -2.01. The maximum Gasteiger partial charge on any atom is 0.211 e. The fourth-order valence-corrected chi connectivity index (χ4v) is 8.86. The van der Waals surface area contributed by atoms with E-state index in [1.165, 1.54) is 27.2 Å². The predicted octanol–water partition coefficient (Wildman–Crippen LogP) is 13.7. The van der Waals surface area contributed by atoms with E-state index in [1.54, 1.807) is 0 Å². The Morgan fingerprint density at radius 2 is 0.836 bits per heavy atom. The summed E-state index contributed by atoms with van der Waals surface area (Å²) in [7, 11) is 0. The molecule has 0 aliphatic rings. The van der Waals surface area contributed by atoms with Gasteiger partial charge < -0.3 is 13.7 Å². The molecule has 5 heteroatoms. The summed E-state index contributed by atoms with van der Waals surface area (Å²) in [5.74, 6) is 0. The molecule has 0 spiro atoms. The van der Waals surface area contributed by atoms with Crippen molar-refractivity contribution in [3.05, 3.63) is 199 Å². The Kier molecular flexibility index (Phi) is 6.61. The molecule has 0 amide bonds. The Hall–Kier alpha value is -7.86. The third-order valence-corrected chi connectivity index (χ3v) is 11.1. The minimum Gasteiger partial charge on any atom is -0.320 e. The van der Waals surface area contributed by atoms with Crippen molar-refractivity contribution >= 4 is 76.8 Å². The van der Waals surface area contributed by atoms with Crippen molar-refractivity contribution in [1.29, 1.82) is 0 Å². The largest absolute Gasteiger partial charge is 0.320 e. The standard InChI is InChI=1S/C50H29N5/c1-51-40-21-14-28-48-49(40)38-19-7-12-27-46(38)55(48)50-37(20-13-22-41(50)52-2)35-17-5-10-25-44(35)54-45-26-11-6-18-36(45)39-31-32(29-30-47(39)54)53-42-23-8-3-15-33(42)34-16-4-9-24-43(34)53/h3-31H. The molecule has 254 valence electrons. The van der Waals surface area contributed by atoms with E-state index in [2.05, 4.69) is 163 Å². The first kappa shape index (κ1) is 30.7. The third-order valence-electron chi connectivity index (χ3n) is 11.1. The number of fused-ring (bicyclic) bond motifs is 9. The van der Waals surface area contributed by atoms with Gasteiger partial charge in [0.2, 0.25) is 5.69 Å². The van der Waals surface area contributed by atoms with Crippen LogP contribution in [0.4, 0.5) is 11.4 Å². The Balaban J connectivity index is 1.19. The van der Waals surface area contributed by atoms with Crippen LogP contribution in [-0.2, 0) is 0 Å². The van der Waals surface area contributed by atoms with Gasteiger partial charge in [-0.2, -0.15) is 0 Å². The lowest BCUT2D eigenvalue weighted by Gasteiger charge is -2.20. The van der Waals surface area contributed by atoms with Crippen molar-refractivity contribution < 1.29 is 0 Å². The maximum absolute atomic E-state index is 8.39. The predicted molar refractivity (Wildman–Crippen MR) is 227 cm³/mol. The van der Waals surface area contributed by atoms with E-state index in [9.17, 15) is 0 Å². The molecule has 0 aliphatic heterocycles. The zero-order valence-corrected chi connectivity index (χ0v) is 29.5. The minimum atomic E-state index is 0.543. The van der Waals surface area contributed by atoms with Crippen LogP contribution in [0.15, 0.2) is 176 Å². The zero-order valence-electron chi connectivity index (χ0n) is 29.5. The molecular formula is C50H29N5. The van der Waals surface area contributed by atoms with E-state index in [-0.39, 0.29) is 0 Å². The van der Waals surface area contributed by atoms with E-state index in [4.69, 9.17) is 13.1 Å². The Morgan fingerprint density at radius 3 is 1.53 bits per heavy atom. The van der Waals surface area contributed by atoms with Gasteiger partial charge in [-0.25, -0.2) is 9.69 Å². The van der Waals surface area contributed by atoms with Gasteiger partial charge in [-0.3, -0.25) is 0 Å². The Bertz CT molecular complexity index is 3420. The smallest absolute Gasteiger partial charge is 0.211 e. The monoisotopic (exact) mass is 699 g/mol. The summed E-state index contributed by atoms with van der Waals surface area (Å²) in [5, 5.41) is 6.69. The molecule has 5 nitrogen and oxygen atoms in total. The van der Waals surface area contributed by atoms with Gasteiger partial charge in [0.25, 0.3) is 0 Å². The highest BCUT2D eigenvalue weighted by Crippen LogP contribution is 2.45. The van der Waals surface area contributed by atoms with Gasteiger partial charge in [0.1, 0.15) is 0 Å². The zero-order chi connectivity index (χ0) is 36.6. The van der Waals surface area contributed by atoms with E-state index in [1.807, 2.05) is 36.4 Å². The number of para-hydroxylation sites is 6. The highest BCUT2D eigenvalue weighted by Gasteiger charge is 2.23. The van der Waals surface area contributed by atoms with Gasteiger partial charge in [-0.15, -0.1) is 0 Å². The fraction of sp³-hybridized carbons (Fsp3) is 0. The average molecular weight is 700 g/mol. The number of benzene rings is 8. The third kappa shape index (κ3) is 4.33. The molecule has 0 radical (unpaired) electrons. The molecular weight excluding hydrogens is 671 g/mol. The van der Waals surface area contributed by atoms with Crippen LogP contribution in [0.5, 0.6) is 0 Å². The maximum atomic E-state index is 8.39. The van der Waals surface area contributed by atoms with Gasteiger partial charge in [0.05, 0.1) is 52.1 Å². The van der Waals surface area contributed by atoms with Crippen LogP contribution in [0.1, 0.15) is 0 Å². The first-order chi connectivity index (χ1) is 27.2. The van der Waals surface area contributed by atoms with Crippen LogP contribution in [0.25, 0.3) is 103 Å². The molecule has 0 unspecified atom stereocenters. The summed E-state index contributed by atoms with van der Waals surface area (Å²) >= 11 is 0. The first-order valence-electron chi connectivity index (χ1n) is 18.3. The summed E-state index contributed by atoms with van der Waals surface area (Å²) in [6.45, 7) is 16.4. The number of nitrogens with zero attached hydrogens (tertiary/aromatic N) is 5. The molecule has 11 aromatic rings. The highest BCUT2D eigenvalue weighted by molar-refractivity contribution is 6.16. The molecule has 0 saturated carbocycles. The van der Waals surface area contributed by atoms with Crippen LogP contribution in [-0.4, -0.2) is 13.7 Å². The SMILES string of the molecule is [C-]#[N+]c1cccc(-c2ccccc2-n2c3ccccc3c3cc(-n4c5ccccc5c5ccccc54)ccc32)c1-n1c2ccccc2c2c([N+]#[C-])cccc21. The van der Waals surface area contributed by atoms with Crippen molar-refractivity contribution in [1.82, 2.24) is 13.7 Å². The summed E-state index contributed by atoms with van der Waals surface area (Å²) in [6.07, 6.45) is 0. The normalized spacial score (nSPS) is 11.6. The van der Waals surface area contributed by atoms with Crippen LogP contribution >= 0.6 is 0 Å². The van der Waals surface area contributed by atoms with Crippen LogP contribution in [0.2, 0.25) is 0 Å². The van der Waals surface area contributed by atoms with Crippen molar-refractivity contribution in [2.45, 2.75) is 0 Å². The molecule has 55 heavy (non-hydrogen) atoms. The van der Waals surface area contributed by atoms with Crippen LogP contribution in [0.3, 0.4) is 0 Å². The number of aromatic nitrogens is 3. The Morgan fingerprint density at radius 1 is 0.345 bits per heavy atom. The van der Waals surface area contributed by atoms with E-state index >= 15 is 0 Å². The average Bonchev–Trinajstić information content (AvgIpc) is 3.89. The highest BCUT2D eigenvalue weighted by atomic mass is 15.0. The van der Waals surface area contributed by atoms with Gasteiger partial charge in [0.15, 0.2) is 5.69 Å². The van der Waals surface area contributed by atoms with Crippen molar-refractivity contribution in [3.8, 4) is 28.2 Å². The summed E-state index contributed by atoms with van der Waals surface area (Å²) in [5.41, 5.74) is 12.4. The Labute approximate surface area is 316 Å². The summed E-state index contributed by atoms with van der Waals surface area (Å²) in [6, 6.07) is 61.2. The summed E-state index contributed by atoms with van der Waals surface area (Å²) < 4.78 is 6.92. The number of hydrogen-bond acceptors (Lipinski definition) is 0. The van der Waals surface area contributed by atoms with Crippen molar-refractivity contribution in [2.24, 2.45) is 0 Å². The van der Waals surface area contributed by atoms with Gasteiger partial charge in [-0.1, -0.05) is 121 Å². The van der Waals surface area contributed by atoms with E-state index < -0.39 is 0 Å². The minimum absolute atomic E-state index is 0.543. The fourth-order valence-electron chi connectivity index (χ4n) is 8.86. The van der Waals surface area contributed by atoms with Gasteiger partial charge in [0, 0.05) is 43.7 Å². The molecule has 3 heterocycles. The molecule has 0 atom stereocenters. The van der Waals surface area contributed by atoms with Crippen molar-refractivity contribution in [2.75, 3.05) is 0 Å². The second kappa shape index (κ2) is 11.8. The molecule has 0 fully saturated rings. The second-order valence-corrected chi connectivity index (χ2v) is 13.9. The lowest BCUT2D eigenvalue weighted by atomic mass is 9.99. The van der Waals surface area contributed by atoms with Gasteiger partial charge >= 0.3 is 0 Å². The molecule has 11 rings (SSSR count). The second-order valence-electron chi connectivity index (χ2n) is 13.9. The molecule has 8 aromatic carbocycles. The summed E-state index contributed by atoms with van der Waals surface area (Å²) in [4.78, 5) is 8.01. The van der Waals surface area contributed by atoms with E-state index in [0.717, 1.165) is 66.4 Å². The van der Waals surface area contributed by atoms with Gasteiger partial charge in [-0.05, 0) is 65.5 Å². The molecule has 0 N–H and O–H groups in total. The molecule has 0 aliphatic carbocycles. The molecule has 0 bridgehead atoms. The molecule has 0 saturated heterocycles. The molecule has 3 aromatic heterocycles.